The van der Waals surface area contributed by atoms with E-state index in [1.807, 2.05) is 0 Å². The number of carbonyl (C=O) groups is 1. The van der Waals surface area contributed by atoms with Gasteiger partial charge in [0.15, 0.2) is 11.6 Å². The topological polar surface area (TPSA) is 155 Å². The van der Waals surface area contributed by atoms with Gasteiger partial charge in [-0.1, -0.05) is 17.7 Å². The number of nitrogens with zero attached hydrogens (tertiary/aromatic N) is 8. The van der Waals surface area contributed by atoms with Crippen LogP contribution in [0.3, 0.4) is 0 Å². The number of halogens is 9. The maximum atomic E-state index is 15.5. The van der Waals surface area contributed by atoms with Crippen molar-refractivity contribution in [3.8, 4) is 17.1 Å². The van der Waals surface area contributed by atoms with Crippen LogP contribution in [0.5, 0.6) is 0 Å². The number of benzene rings is 3. The van der Waals surface area contributed by atoms with E-state index in [4.69, 9.17) is 16.6 Å². The van der Waals surface area contributed by atoms with Gasteiger partial charge in [0.05, 0.1) is 38.6 Å². The molecule has 332 valence electrons. The summed E-state index contributed by atoms with van der Waals surface area (Å²) in [6.07, 6.45) is -4.31. The highest BCUT2D eigenvalue weighted by Crippen LogP contribution is 2.68. The van der Waals surface area contributed by atoms with Gasteiger partial charge in [0, 0.05) is 58.7 Å². The van der Waals surface area contributed by atoms with Gasteiger partial charge in [-0.25, -0.2) is 45.5 Å². The minimum absolute atomic E-state index is 0.00955. The third kappa shape index (κ3) is 7.50. The lowest BCUT2D eigenvalue weighted by Gasteiger charge is -2.24. The number of aryl methyl sites for hydroxylation is 1. The van der Waals surface area contributed by atoms with Gasteiger partial charge in [-0.15, -0.1) is 0 Å². The molecular formula is C41H31ClF8N10O3S. The molecule has 13 nitrogen and oxygen atoms in total. The molecule has 4 heterocycles. The van der Waals surface area contributed by atoms with Gasteiger partial charge in [-0.3, -0.25) is 28.2 Å². The Morgan fingerprint density at radius 3 is 2.44 bits per heavy atom. The second kappa shape index (κ2) is 15.4. The smallest absolute Gasteiger partial charge is 0.293 e. The molecule has 9 rings (SSSR count). The lowest BCUT2D eigenvalue weighted by Crippen LogP contribution is -2.38. The zero-order valence-electron chi connectivity index (χ0n) is 33.1. The third-order valence-electron chi connectivity index (χ3n) is 11.0. The molecule has 64 heavy (non-hydrogen) atoms. The molecule has 2 aliphatic carbocycles. The molecule has 0 saturated heterocycles. The normalized spacial score (nSPS) is 17.8. The average Bonchev–Trinajstić information content (AvgIpc) is 3.75. The Labute approximate surface area is 361 Å². The van der Waals surface area contributed by atoms with E-state index in [1.54, 1.807) is 0 Å². The van der Waals surface area contributed by atoms with Gasteiger partial charge in [-0.2, -0.15) is 19.0 Å². The molecule has 1 amide bonds. The van der Waals surface area contributed by atoms with Crippen molar-refractivity contribution in [3.63, 3.8) is 0 Å². The Morgan fingerprint density at radius 1 is 1.02 bits per heavy atom. The Balaban J connectivity index is 1.26. The van der Waals surface area contributed by atoms with E-state index in [0.717, 1.165) is 29.0 Å². The van der Waals surface area contributed by atoms with Crippen molar-refractivity contribution in [2.45, 2.75) is 50.1 Å². The van der Waals surface area contributed by atoms with E-state index < -0.39 is 99.5 Å². The van der Waals surface area contributed by atoms with Gasteiger partial charge >= 0.3 is 0 Å². The molecule has 1 fully saturated rings. The van der Waals surface area contributed by atoms with Crippen LogP contribution in [0.1, 0.15) is 65.3 Å². The summed E-state index contributed by atoms with van der Waals surface area (Å²) in [6, 6.07) is 8.75. The average molecular weight is 931 g/mol. The van der Waals surface area contributed by atoms with E-state index in [1.165, 1.54) is 48.3 Å². The predicted octanol–water partition coefficient (Wildman–Crippen LogP) is 7.71. The summed E-state index contributed by atoms with van der Waals surface area (Å²) in [5.41, 5.74) is -3.32. The van der Waals surface area contributed by atoms with E-state index in [-0.39, 0.29) is 73.1 Å². The lowest BCUT2D eigenvalue weighted by molar-refractivity contribution is -0.123. The summed E-state index contributed by atoms with van der Waals surface area (Å²) in [5.74, 6) is -5.68. The molecule has 0 bridgehead atoms. The zero-order chi connectivity index (χ0) is 45.7. The van der Waals surface area contributed by atoms with Crippen molar-refractivity contribution < 1.29 is 44.1 Å². The van der Waals surface area contributed by atoms with Gasteiger partial charge in [0.25, 0.3) is 24.3 Å². The molecule has 0 spiro atoms. The summed E-state index contributed by atoms with van der Waals surface area (Å²) in [5, 5.41) is 10.9. The summed E-state index contributed by atoms with van der Waals surface area (Å²) < 4.78 is 135. The third-order valence-corrected chi connectivity index (χ3v) is 11.9. The quantitative estimate of drug-likeness (QED) is 0.0934. The van der Waals surface area contributed by atoms with Crippen molar-refractivity contribution in [3.05, 3.63) is 122 Å². The molecule has 0 aliphatic heterocycles. The zero-order valence-corrected chi connectivity index (χ0v) is 34.7. The number of anilines is 1. The van der Waals surface area contributed by atoms with Crippen LogP contribution >= 0.6 is 11.6 Å². The monoisotopic (exact) mass is 930 g/mol. The molecule has 1 saturated carbocycles. The van der Waals surface area contributed by atoms with Gasteiger partial charge in [-0.05, 0) is 66.2 Å². The Morgan fingerprint density at radius 2 is 1.75 bits per heavy atom. The molecule has 4 aromatic heterocycles. The molecule has 23 heteroatoms. The molecule has 7 aromatic rings. The summed E-state index contributed by atoms with van der Waals surface area (Å²) in [7, 11) is -1.48. The molecule has 0 radical (unpaired) electrons. The van der Waals surface area contributed by atoms with E-state index in [9.17, 15) is 35.3 Å². The molecule has 3 aromatic carbocycles. The highest BCUT2D eigenvalue weighted by molar-refractivity contribution is 8.00. The first-order chi connectivity index (χ1) is 30.2. The number of alkyl halides is 6. The molecule has 2 N–H and O–H groups in total. The van der Waals surface area contributed by atoms with Crippen molar-refractivity contribution >= 4 is 60.7 Å². The van der Waals surface area contributed by atoms with Crippen LogP contribution in [0.15, 0.2) is 65.6 Å². The number of fused-ring (bicyclic) bond motifs is 5. The van der Waals surface area contributed by atoms with E-state index in [2.05, 4.69) is 36.1 Å². The predicted molar refractivity (Wildman–Crippen MR) is 220 cm³/mol. The first-order valence-electron chi connectivity index (χ1n) is 19.1. The molecule has 1 unspecified atom stereocenters. The largest absolute Gasteiger partial charge is 0.344 e. The second-order valence-electron chi connectivity index (χ2n) is 15.6. The van der Waals surface area contributed by atoms with Crippen LogP contribution in [0, 0.1) is 17.6 Å². The number of amides is 1. The Bertz CT molecular complexity index is 3250. The van der Waals surface area contributed by atoms with Crippen molar-refractivity contribution in [2.24, 2.45) is 13.0 Å². The SMILES string of the molecule is C=S(C)(=O)Nc1nn(C)c2c(-n3c([C@H](Cc4cc(F)cc(F)c4)NC(=O)Cn4nc(C(F)F)c5c4C(F)(F)[C@@H]4C[C@H]54)nc4cc(-c5nccc(C(F)F)n5)ccc4c3=O)ccc(Cl)c12. The van der Waals surface area contributed by atoms with Crippen LogP contribution in [-0.2, 0) is 40.4 Å². The van der Waals surface area contributed by atoms with Gasteiger partial charge < -0.3 is 5.32 Å². The fourth-order valence-corrected chi connectivity index (χ4v) is 9.18. The second-order valence-corrected chi connectivity index (χ2v) is 18.2. The Hall–Kier alpha value is -6.42. The van der Waals surface area contributed by atoms with Crippen LogP contribution in [-0.4, -0.2) is 61.3 Å². The van der Waals surface area contributed by atoms with Crippen LogP contribution < -0.4 is 15.6 Å². The van der Waals surface area contributed by atoms with E-state index in [0.29, 0.717) is 10.7 Å². The van der Waals surface area contributed by atoms with Crippen molar-refractivity contribution in [1.82, 2.24) is 44.4 Å². The summed E-state index contributed by atoms with van der Waals surface area (Å²) in [6.45, 7) is -1.03. The number of hydrogen-bond acceptors (Lipinski definition) is 8. The van der Waals surface area contributed by atoms with Crippen LogP contribution in [0.2, 0.25) is 5.02 Å². The molecule has 4 atom stereocenters. The van der Waals surface area contributed by atoms with Crippen LogP contribution in [0.25, 0.3) is 38.9 Å². The minimum Gasteiger partial charge on any atom is -0.344 e. The molecule has 2 aliphatic rings. The minimum atomic E-state index is -3.58. The fourth-order valence-electron chi connectivity index (χ4n) is 8.38. The highest BCUT2D eigenvalue weighted by atomic mass is 35.5. The van der Waals surface area contributed by atoms with Gasteiger partial charge in [0.1, 0.15) is 41.1 Å². The number of rotatable bonds is 12. The summed E-state index contributed by atoms with van der Waals surface area (Å²) >= 11 is 6.68. The van der Waals surface area contributed by atoms with Crippen molar-refractivity contribution in [1.29, 1.82) is 0 Å². The fraction of sp³-hybridized carbons (Fsp3) is 0.268. The first kappa shape index (κ1) is 42.9. The number of nitrogens with one attached hydrogen (secondary N) is 2. The summed E-state index contributed by atoms with van der Waals surface area (Å²) in [4.78, 5) is 42.0. The highest BCUT2D eigenvalue weighted by Gasteiger charge is 2.67. The molecular weight excluding hydrogens is 900 g/mol. The number of carbonyl (C=O) groups excluding carboxylic acids is 1. The van der Waals surface area contributed by atoms with Crippen LogP contribution in [0.4, 0.5) is 40.9 Å². The first-order valence-corrected chi connectivity index (χ1v) is 21.7. The maximum absolute atomic E-state index is 15.5. The standard InChI is InChI=1S/C41H31ClF8N10O3S/c1-58-33-28(7-6-24(42)31(33)38(56-58)57-64(2,3)63)60-39(54-26-13-18(4-5-21(26)40(60)62)37-51-9-8-25(53-37)35(45)46)27(12-17-10-19(43)14-20(44)11-17)52-29(61)16-59-34-30(32(55-59)36(47)48)22-15-23(22)41(34,49)50/h4-11,13-14,22-23,27,35-36H,2,12,15-16H2,1,3H3,(H,52,61)(H,56,57,63)/t22-,23+,27-,64?/m0/s1. The van der Waals surface area contributed by atoms with Gasteiger partial charge in [0.2, 0.25) is 5.91 Å². The number of aromatic nitrogens is 8. The maximum Gasteiger partial charge on any atom is 0.293 e. The van der Waals surface area contributed by atoms with E-state index >= 15 is 13.6 Å². The lowest BCUT2D eigenvalue weighted by atomic mass is 10.0. The number of hydrogen-bond donors (Lipinski definition) is 2. The van der Waals surface area contributed by atoms with Crippen molar-refractivity contribution in [2.75, 3.05) is 11.0 Å². The Kier molecular flexibility index (Phi) is 10.3.